The van der Waals surface area contributed by atoms with Gasteiger partial charge in [0.15, 0.2) is 0 Å². The van der Waals surface area contributed by atoms with Gasteiger partial charge < -0.3 is 9.47 Å². The van der Waals surface area contributed by atoms with E-state index in [2.05, 4.69) is 31.2 Å². The maximum Gasteiger partial charge on any atom is 0.0700 e. The minimum atomic E-state index is 0.482. The van der Waals surface area contributed by atoms with E-state index >= 15 is 0 Å². The normalized spacial score (nSPS) is 12.6. The summed E-state index contributed by atoms with van der Waals surface area (Å²) in [4.78, 5) is 0. The number of halogens is 1. The van der Waals surface area contributed by atoms with Crippen LogP contribution >= 0.6 is 11.6 Å². The fraction of sp³-hybridized carbons (Fsp3) is 0.600. The minimum absolute atomic E-state index is 0.482. The summed E-state index contributed by atoms with van der Waals surface area (Å²) in [7, 11) is 1.68. The SMILES string of the molecule is COCCOCCC(CCl)Cc1ccccc1C. The molecule has 0 aliphatic heterocycles. The van der Waals surface area contributed by atoms with Gasteiger partial charge >= 0.3 is 0 Å². The highest BCUT2D eigenvalue weighted by atomic mass is 35.5. The van der Waals surface area contributed by atoms with E-state index in [0.29, 0.717) is 25.0 Å². The first-order valence-corrected chi connectivity index (χ1v) is 6.98. The first-order valence-electron chi connectivity index (χ1n) is 6.45. The molecule has 1 aromatic rings. The number of benzene rings is 1. The number of aryl methyl sites for hydroxylation is 1. The van der Waals surface area contributed by atoms with Gasteiger partial charge in [0.2, 0.25) is 0 Å². The van der Waals surface area contributed by atoms with Crippen LogP contribution in [0.2, 0.25) is 0 Å². The summed E-state index contributed by atoms with van der Waals surface area (Å²) in [6.07, 6.45) is 2.03. The fourth-order valence-corrected chi connectivity index (χ4v) is 2.14. The lowest BCUT2D eigenvalue weighted by Gasteiger charge is -2.15. The highest BCUT2D eigenvalue weighted by Gasteiger charge is 2.09. The molecule has 1 unspecified atom stereocenters. The summed E-state index contributed by atoms with van der Waals surface area (Å²) >= 11 is 6.03. The first-order chi connectivity index (χ1) is 8.77. The van der Waals surface area contributed by atoms with Crippen molar-refractivity contribution < 1.29 is 9.47 Å². The molecule has 0 heterocycles. The highest BCUT2D eigenvalue weighted by Crippen LogP contribution is 2.17. The lowest BCUT2D eigenvalue weighted by molar-refractivity contribution is 0.0647. The number of ether oxygens (including phenoxy) is 2. The Morgan fingerprint density at radius 2 is 1.94 bits per heavy atom. The molecule has 0 aliphatic rings. The van der Waals surface area contributed by atoms with Gasteiger partial charge in [-0.3, -0.25) is 0 Å². The van der Waals surface area contributed by atoms with Gasteiger partial charge in [-0.1, -0.05) is 24.3 Å². The lowest BCUT2D eigenvalue weighted by Crippen LogP contribution is -2.12. The van der Waals surface area contributed by atoms with Crippen molar-refractivity contribution >= 4 is 11.6 Å². The number of methoxy groups -OCH3 is 1. The molecule has 0 fully saturated rings. The maximum absolute atomic E-state index is 6.03. The Bertz CT molecular complexity index is 328. The third-order valence-corrected chi connectivity index (χ3v) is 3.53. The second-order valence-corrected chi connectivity index (χ2v) is 4.85. The summed E-state index contributed by atoms with van der Waals surface area (Å²) in [5, 5.41) is 0. The number of hydrogen-bond donors (Lipinski definition) is 0. The fourth-order valence-electron chi connectivity index (χ4n) is 1.88. The summed E-state index contributed by atoms with van der Waals surface area (Å²) in [5.74, 6) is 1.16. The molecular weight excluding hydrogens is 248 g/mol. The van der Waals surface area contributed by atoms with E-state index in [1.54, 1.807) is 7.11 Å². The van der Waals surface area contributed by atoms with Crippen LogP contribution in [-0.2, 0) is 15.9 Å². The Balaban J connectivity index is 2.31. The summed E-state index contributed by atoms with van der Waals surface area (Å²) in [6.45, 7) is 4.22. The van der Waals surface area contributed by atoms with Crippen LogP contribution in [-0.4, -0.2) is 32.8 Å². The number of hydrogen-bond acceptors (Lipinski definition) is 2. The molecule has 0 spiro atoms. The van der Waals surface area contributed by atoms with Crippen LogP contribution in [0.25, 0.3) is 0 Å². The van der Waals surface area contributed by atoms with Crippen LogP contribution in [0.5, 0.6) is 0 Å². The van der Waals surface area contributed by atoms with Crippen LogP contribution in [0.1, 0.15) is 17.5 Å². The van der Waals surface area contributed by atoms with Crippen molar-refractivity contribution in [3.8, 4) is 0 Å². The van der Waals surface area contributed by atoms with E-state index in [4.69, 9.17) is 21.1 Å². The second-order valence-electron chi connectivity index (χ2n) is 4.54. The Morgan fingerprint density at radius 3 is 2.61 bits per heavy atom. The average molecular weight is 271 g/mol. The number of alkyl halides is 1. The van der Waals surface area contributed by atoms with Gasteiger partial charge in [0.25, 0.3) is 0 Å². The highest BCUT2D eigenvalue weighted by molar-refractivity contribution is 6.18. The van der Waals surface area contributed by atoms with Crippen molar-refractivity contribution in [2.24, 2.45) is 5.92 Å². The molecule has 0 N–H and O–H groups in total. The molecule has 0 aromatic heterocycles. The van der Waals surface area contributed by atoms with Gasteiger partial charge in [0, 0.05) is 19.6 Å². The van der Waals surface area contributed by atoms with Gasteiger partial charge in [-0.15, -0.1) is 11.6 Å². The zero-order valence-electron chi connectivity index (χ0n) is 11.3. The molecule has 2 nitrogen and oxygen atoms in total. The van der Waals surface area contributed by atoms with Crippen molar-refractivity contribution in [3.05, 3.63) is 35.4 Å². The van der Waals surface area contributed by atoms with E-state index in [1.807, 2.05) is 0 Å². The zero-order chi connectivity index (χ0) is 13.2. The monoisotopic (exact) mass is 270 g/mol. The molecule has 3 heteroatoms. The molecular formula is C15H23ClO2. The molecule has 0 radical (unpaired) electrons. The predicted octanol–water partition coefficient (Wildman–Crippen LogP) is 3.45. The summed E-state index contributed by atoms with van der Waals surface area (Å²) in [5.41, 5.74) is 2.73. The Hall–Kier alpha value is -0.570. The van der Waals surface area contributed by atoms with Crippen molar-refractivity contribution in [2.75, 3.05) is 32.8 Å². The lowest BCUT2D eigenvalue weighted by atomic mass is 9.95. The second kappa shape index (κ2) is 9.37. The van der Waals surface area contributed by atoms with Crippen LogP contribution in [0.4, 0.5) is 0 Å². The average Bonchev–Trinajstić information content (AvgIpc) is 2.39. The van der Waals surface area contributed by atoms with E-state index in [-0.39, 0.29) is 0 Å². The quantitative estimate of drug-likeness (QED) is 0.505. The smallest absolute Gasteiger partial charge is 0.0700 e. The van der Waals surface area contributed by atoms with Crippen molar-refractivity contribution in [1.82, 2.24) is 0 Å². The van der Waals surface area contributed by atoms with Gasteiger partial charge in [-0.25, -0.2) is 0 Å². The van der Waals surface area contributed by atoms with Crippen LogP contribution < -0.4 is 0 Å². The van der Waals surface area contributed by atoms with Crippen LogP contribution in [0.3, 0.4) is 0 Å². The van der Waals surface area contributed by atoms with Crippen LogP contribution in [0.15, 0.2) is 24.3 Å². The van der Waals surface area contributed by atoms with Crippen molar-refractivity contribution in [1.29, 1.82) is 0 Å². The maximum atomic E-state index is 6.03. The molecule has 102 valence electrons. The Kier molecular flexibility index (Phi) is 8.06. The van der Waals surface area contributed by atoms with E-state index in [1.165, 1.54) is 11.1 Å². The van der Waals surface area contributed by atoms with Crippen molar-refractivity contribution in [3.63, 3.8) is 0 Å². The summed E-state index contributed by atoms with van der Waals surface area (Å²) in [6, 6.07) is 8.49. The van der Waals surface area contributed by atoms with Gasteiger partial charge in [-0.05, 0) is 36.8 Å². The van der Waals surface area contributed by atoms with E-state index in [0.717, 1.165) is 19.4 Å². The molecule has 0 aliphatic carbocycles. The third kappa shape index (κ3) is 5.85. The molecule has 0 bridgehead atoms. The van der Waals surface area contributed by atoms with E-state index < -0.39 is 0 Å². The molecule has 0 amide bonds. The summed E-state index contributed by atoms with van der Waals surface area (Å²) < 4.78 is 10.4. The molecule has 0 saturated heterocycles. The Labute approximate surface area is 115 Å². The first kappa shape index (κ1) is 15.5. The largest absolute Gasteiger partial charge is 0.382 e. The van der Waals surface area contributed by atoms with E-state index in [9.17, 15) is 0 Å². The molecule has 1 rings (SSSR count). The standard InChI is InChI=1S/C15H23ClO2/c1-13-5-3-4-6-15(13)11-14(12-16)7-8-18-10-9-17-2/h3-6,14H,7-12H2,1-2H3. The topological polar surface area (TPSA) is 18.5 Å². The molecule has 1 aromatic carbocycles. The third-order valence-electron chi connectivity index (χ3n) is 3.09. The molecule has 0 saturated carbocycles. The minimum Gasteiger partial charge on any atom is -0.382 e. The predicted molar refractivity (Wildman–Crippen MR) is 76.4 cm³/mol. The van der Waals surface area contributed by atoms with Gasteiger partial charge in [0.1, 0.15) is 0 Å². The zero-order valence-corrected chi connectivity index (χ0v) is 12.1. The van der Waals surface area contributed by atoms with Gasteiger partial charge in [-0.2, -0.15) is 0 Å². The van der Waals surface area contributed by atoms with Crippen molar-refractivity contribution in [2.45, 2.75) is 19.8 Å². The van der Waals surface area contributed by atoms with Gasteiger partial charge in [0.05, 0.1) is 13.2 Å². The Morgan fingerprint density at radius 1 is 1.17 bits per heavy atom. The molecule has 1 atom stereocenters. The van der Waals surface area contributed by atoms with Crippen LogP contribution in [0, 0.1) is 12.8 Å². The number of rotatable bonds is 9. The molecule has 18 heavy (non-hydrogen) atoms.